The van der Waals surface area contributed by atoms with Crippen molar-refractivity contribution < 1.29 is 19.4 Å². The van der Waals surface area contributed by atoms with E-state index in [-0.39, 0.29) is 12.1 Å². The van der Waals surface area contributed by atoms with E-state index >= 15 is 0 Å². The maximum Gasteiger partial charge on any atom is 0.306 e. The van der Waals surface area contributed by atoms with Gasteiger partial charge in [-0.05, 0) is 70.6 Å². The third-order valence-electron chi connectivity index (χ3n) is 8.93. The van der Waals surface area contributed by atoms with Crippen molar-refractivity contribution in [3.8, 4) is 0 Å². The molecular formula is C41H76O4. The zero-order chi connectivity index (χ0) is 32.9. The van der Waals surface area contributed by atoms with Crippen molar-refractivity contribution in [3.63, 3.8) is 0 Å². The maximum absolute atomic E-state index is 12.5. The second kappa shape index (κ2) is 36.9. The summed E-state index contributed by atoms with van der Waals surface area (Å²) in [5.74, 6) is -0.666. The monoisotopic (exact) mass is 633 g/mol. The number of aliphatic carboxylic acids is 1. The molecule has 0 fully saturated rings. The highest BCUT2D eigenvalue weighted by Gasteiger charge is 2.14. The van der Waals surface area contributed by atoms with E-state index in [1.54, 1.807) is 0 Å². The Morgan fingerprint density at radius 1 is 0.489 bits per heavy atom. The summed E-state index contributed by atoms with van der Waals surface area (Å²) in [6.45, 7) is 4.48. The molecule has 0 heterocycles. The molecule has 0 saturated carbocycles. The molecule has 0 amide bonds. The van der Waals surface area contributed by atoms with Crippen LogP contribution in [0.1, 0.15) is 219 Å². The standard InChI is InChI=1S/C41H76O4/c1-3-5-7-8-9-10-11-12-13-14-15-16-17-18-19-20-21-22-27-30-34-38-41(44)45-39(35-31-6-4-2)36-32-28-25-23-24-26-29-33-37-40(42)43/h9-10,12-13,39H,3-8,11,14-38H2,1-2H3,(H,42,43)/b10-9-,13-12-. The summed E-state index contributed by atoms with van der Waals surface area (Å²) in [7, 11) is 0. The zero-order valence-corrected chi connectivity index (χ0v) is 30.2. The van der Waals surface area contributed by atoms with Crippen LogP contribution < -0.4 is 0 Å². The zero-order valence-electron chi connectivity index (χ0n) is 30.2. The molecule has 0 rings (SSSR count). The molecule has 0 aromatic rings. The van der Waals surface area contributed by atoms with E-state index in [4.69, 9.17) is 9.84 Å². The Balaban J connectivity index is 3.66. The number of hydrogen-bond donors (Lipinski definition) is 1. The number of ether oxygens (including phenoxy) is 1. The predicted molar refractivity (Wildman–Crippen MR) is 195 cm³/mol. The Kier molecular flexibility index (Phi) is 35.6. The minimum atomic E-state index is -0.683. The van der Waals surface area contributed by atoms with Crippen molar-refractivity contribution in [2.75, 3.05) is 0 Å². The topological polar surface area (TPSA) is 63.6 Å². The highest BCUT2D eigenvalue weighted by molar-refractivity contribution is 5.69. The number of allylic oxidation sites excluding steroid dienone is 4. The van der Waals surface area contributed by atoms with E-state index in [9.17, 15) is 9.59 Å². The van der Waals surface area contributed by atoms with Gasteiger partial charge < -0.3 is 9.84 Å². The summed E-state index contributed by atoms with van der Waals surface area (Å²) in [5.41, 5.74) is 0. The van der Waals surface area contributed by atoms with Gasteiger partial charge in [-0.15, -0.1) is 0 Å². The summed E-state index contributed by atoms with van der Waals surface area (Å²) >= 11 is 0. The summed E-state index contributed by atoms with van der Waals surface area (Å²) < 4.78 is 5.94. The number of esters is 1. The quantitative estimate of drug-likeness (QED) is 0.0424. The lowest BCUT2D eigenvalue weighted by atomic mass is 10.0. The molecule has 1 N–H and O–H groups in total. The molecule has 264 valence electrons. The van der Waals surface area contributed by atoms with Crippen molar-refractivity contribution in [1.82, 2.24) is 0 Å². The van der Waals surface area contributed by atoms with Gasteiger partial charge >= 0.3 is 11.9 Å². The van der Waals surface area contributed by atoms with E-state index < -0.39 is 5.97 Å². The molecule has 0 spiro atoms. The van der Waals surface area contributed by atoms with Crippen molar-refractivity contribution in [2.24, 2.45) is 0 Å². The molecule has 45 heavy (non-hydrogen) atoms. The molecule has 0 aromatic heterocycles. The molecule has 1 unspecified atom stereocenters. The van der Waals surface area contributed by atoms with Gasteiger partial charge in [0, 0.05) is 12.8 Å². The lowest BCUT2D eigenvalue weighted by molar-refractivity contribution is -0.150. The fraction of sp³-hybridized carbons (Fsp3) is 0.854. The van der Waals surface area contributed by atoms with Crippen LogP contribution in [-0.4, -0.2) is 23.1 Å². The second-order valence-electron chi connectivity index (χ2n) is 13.5. The highest BCUT2D eigenvalue weighted by atomic mass is 16.5. The van der Waals surface area contributed by atoms with Crippen LogP contribution in [0, 0.1) is 0 Å². The summed E-state index contributed by atoms with van der Waals surface area (Å²) in [6, 6.07) is 0. The second-order valence-corrected chi connectivity index (χ2v) is 13.5. The summed E-state index contributed by atoms with van der Waals surface area (Å²) in [5, 5.41) is 8.70. The van der Waals surface area contributed by atoms with E-state index in [1.165, 1.54) is 128 Å². The first-order valence-electron chi connectivity index (χ1n) is 19.8. The third-order valence-corrected chi connectivity index (χ3v) is 8.93. The molecule has 4 nitrogen and oxygen atoms in total. The maximum atomic E-state index is 12.5. The molecule has 0 aliphatic heterocycles. The van der Waals surface area contributed by atoms with Crippen LogP contribution >= 0.6 is 0 Å². The first kappa shape index (κ1) is 43.4. The Bertz CT molecular complexity index is 683. The highest BCUT2D eigenvalue weighted by Crippen LogP contribution is 2.18. The van der Waals surface area contributed by atoms with E-state index in [0.29, 0.717) is 12.8 Å². The SMILES string of the molecule is CCCCC/C=C\C/C=C\CCCCCCCCCCCCCC(=O)OC(CCCCC)CCCCCCCCCCC(=O)O. The molecule has 1 atom stereocenters. The number of unbranched alkanes of at least 4 members (excludes halogenated alkanes) is 23. The van der Waals surface area contributed by atoms with Gasteiger partial charge in [-0.3, -0.25) is 9.59 Å². The number of carboxylic acid groups (broad SMARTS) is 1. The summed E-state index contributed by atoms with van der Waals surface area (Å²) in [6.07, 6.45) is 46.6. The number of hydrogen-bond acceptors (Lipinski definition) is 3. The average molecular weight is 633 g/mol. The van der Waals surface area contributed by atoms with Crippen molar-refractivity contribution >= 4 is 11.9 Å². The fourth-order valence-electron chi connectivity index (χ4n) is 5.98. The lowest BCUT2D eigenvalue weighted by Gasteiger charge is -2.18. The Labute approximate surface area is 280 Å². The predicted octanol–water partition coefficient (Wildman–Crippen LogP) is 13.6. The van der Waals surface area contributed by atoms with Gasteiger partial charge in [-0.2, -0.15) is 0 Å². The molecule has 0 aromatic carbocycles. The van der Waals surface area contributed by atoms with Gasteiger partial charge in [0.1, 0.15) is 6.10 Å². The molecule has 0 radical (unpaired) electrons. The number of carbonyl (C=O) groups excluding carboxylic acids is 1. The smallest absolute Gasteiger partial charge is 0.306 e. The average Bonchev–Trinajstić information content (AvgIpc) is 3.02. The molecular weight excluding hydrogens is 556 g/mol. The van der Waals surface area contributed by atoms with Gasteiger partial charge in [0.05, 0.1) is 0 Å². The van der Waals surface area contributed by atoms with Crippen LogP contribution in [-0.2, 0) is 14.3 Å². The van der Waals surface area contributed by atoms with Crippen LogP contribution in [0.2, 0.25) is 0 Å². The number of rotatable bonds is 36. The lowest BCUT2D eigenvalue weighted by Crippen LogP contribution is -2.18. The molecule has 4 heteroatoms. The van der Waals surface area contributed by atoms with Crippen molar-refractivity contribution in [2.45, 2.75) is 225 Å². The van der Waals surface area contributed by atoms with Gasteiger partial charge in [-0.1, -0.05) is 160 Å². The first-order valence-corrected chi connectivity index (χ1v) is 19.8. The molecule has 0 aliphatic rings. The van der Waals surface area contributed by atoms with Crippen LogP contribution in [0.15, 0.2) is 24.3 Å². The number of carboxylic acids is 1. The van der Waals surface area contributed by atoms with Gasteiger partial charge in [0.2, 0.25) is 0 Å². The largest absolute Gasteiger partial charge is 0.481 e. The summed E-state index contributed by atoms with van der Waals surface area (Å²) in [4.78, 5) is 23.1. The Morgan fingerprint density at radius 3 is 1.36 bits per heavy atom. The number of carbonyl (C=O) groups is 2. The van der Waals surface area contributed by atoms with Crippen molar-refractivity contribution in [1.29, 1.82) is 0 Å². The third kappa shape index (κ3) is 36.8. The van der Waals surface area contributed by atoms with Crippen LogP contribution in [0.5, 0.6) is 0 Å². The van der Waals surface area contributed by atoms with E-state index in [2.05, 4.69) is 38.2 Å². The minimum Gasteiger partial charge on any atom is -0.481 e. The molecule has 0 saturated heterocycles. The normalized spacial score (nSPS) is 12.4. The Hall–Kier alpha value is -1.58. The fourth-order valence-corrected chi connectivity index (χ4v) is 5.98. The van der Waals surface area contributed by atoms with Crippen LogP contribution in [0.4, 0.5) is 0 Å². The molecule has 0 bridgehead atoms. The van der Waals surface area contributed by atoms with Crippen LogP contribution in [0.3, 0.4) is 0 Å². The minimum absolute atomic E-state index is 0.0167. The molecule has 0 aliphatic carbocycles. The van der Waals surface area contributed by atoms with E-state index in [0.717, 1.165) is 64.2 Å². The first-order chi connectivity index (χ1) is 22.1. The van der Waals surface area contributed by atoms with Crippen LogP contribution in [0.25, 0.3) is 0 Å². The van der Waals surface area contributed by atoms with Gasteiger partial charge in [0.15, 0.2) is 0 Å². The Morgan fingerprint density at radius 2 is 0.867 bits per heavy atom. The van der Waals surface area contributed by atoms with Gasteiger partial charge in [0.25, 0.3) is 0 Å². The van der Waals surface area contributed by atoms with E-state index in [1.807, 2.05) is 0 Å². The van der Waals surface area contributed by atoms with Crippen molar-refractivity contribution in [3.05, 3.63) is 24.3 Å². The van der Waals surface area contributed by atoms with Gasteiger partial charge in [-0.25, -0.2) is 0 Å².